The van der Waals surface area contributed by atoms with Crippen molar-refractivity contribution in [3.05, 3.63) is 65.0 Å². The number of ether oxygens (including phenoxy) is 1. The van der Waals surface area contributed by atoms with Gasteiger partial charge in [0.25, 0.3) is 0 Å². The molecule has 140 valence electrons. The van der Waals surface area contributed by atoms with E-state index >= 15 is 0 Å². The lowest BCUT2D eigenvalue weighted by atomic mass is 10.1. The number of nitrogens with one attached hydrogen (secondary N) is 1. The number of aryl methyl sites for hydroxylation is 1. The van der Waals surface area contributed by atoms with Gasteiger partial charge in [0.05, 0.1) is 13.5 Å². The topological polar surface area (TPSA) is 64.1 Å². The fraction of sp³-hybridized carbons (Fsp3) is 0.211. The number of hydrogen-bond donors (Lipinski definition) is 1. The molecular weight excluding hydrogens is 385 g/mol. The van der Waals surface area contributed by atoms with Crippen LogP contribution < -0.4 is 10.1 Å². The Kier molecular flexibility index (Phi) is 6.41. The summed E-state index contributed by atoms with van der Waals surface area (Å²) in [5, 5.41) is 11.2. The molecule has 0 aliphatic carbocycles. The monoisotopic (exact) mass is 403 g/mol. The Morgan fingerprint density at radius 1 is 1.19 bits per heavy atom. The molecule has 0 fully saturated rings. The number of carbonyl (C=O) groups is 1. The quantitative estimate of drug-likeness (QED) is 0.466. The molecule has 0 bridgehead atoms. The highest BCUT2D eigenvalue weighted by atomic mass is 32.2. The lowest BCUT2D eigenvalue weighted by Gasteiger charge is -2.05. The zero-order valence-electron chi connectivity index (χ0n) is 14.9. The number of amides is 1. The first-order chi connectivity index (χ1) is 13.0. The van der Waals surface area contributed by atoms with Crippen molar-refractivity contribution in [2.75, 3.05) is 12.4 Å². The van der Waals surface area contributed by atoms with E-state index in [2.05, 4.69) is 46.7 Å². The fourth-order valence-electron chi connectivity index (χ4n) is 2.32. The van der Waals surface area contributed by atoms with Crippen LogP contribution in [0.3, 0.4) is 0 Å². The summed E-state index contributed by atoms with van der Waals surface area (Å²) in [6.45, 7) is 2.05. The van der Waals surface area contributed by atoms with Gasteiger partial charge < -0.3 is 10.1 Å². The smallest absolute Gasteiger partial charge is 0.230 e. The molecule has 0 atom stereocenters. The van der Waals surface area contributed by atoms with Crippen LogP contribution >= 0.6 is 23.1 Å². The number of benzene rings is 2. The van der Waals surface area contributed by atoms with Gasteiger partial charge in [-0.2, -0.15) is 0 Å². The Hall–Kier alpha value is -2.45. The fourth-order valence-corrected chi connectivity index (χ4v) is 4.04. The molecular formula is C19H18FN3O2S2. The maximum atomic E-state index is 13.7. The molecule has 0 unspecified atom stereocenters. The van der Waals surface area contributed by atoms with E-state index in [0.717, 1.165) is 10.1 Å². The molecule has 1 heterocycles. The van der Waals surface area contributed by atoms with Crippen LogP contribution in [0.5, 0.6) is 5.75 Å². The molecule has 0 saturated heterocycles. The third-order valence-electron chi connectivity index (χ3n) is 3.72. The lowest BCUT2D eigenvalue weighted by Crippen LogP contribution is -2.14. The number of thioether (sulfide) groups is 1. The first-order valence-corrected chi connectivity index (χ1v) is 9.98. The highest BCUT2D eigenvalue weighted by Crippen LogP contribution is 2.28. The molecule has 3 aromatic rings. The Labute approximate surface area is 165 Å². The largest absolute Gasteiger partial charge is 0.494 e. The van der Waals surface area contributed by atoms with E-state index < -0.39 is 5.82 Å². The lowest BCUT2D eigenvalue weighted by molar-refractivity contribution is -0.115. The van der Waals surface area contributed by atoms with E-state index in [4.69, 9.17) is 4.74 Å². The van der Waals surface area contributed by atoms with Crippen LogP contribution in [-0.4, -0.2) is 23.2 Å². The minimum Gasteiger partial charge on any atom is -0.494 e. The zero-order chi connectivity index (χ0) is 19.2. The highest BCUT2D eigenvalue weighted by molar-refractivity contribution is 8.00. The Bertz CT molecular complexity index is 929. The molecule has 1 amide bonds. The minimum atomic E-state index is -0.492. The number of halogens is 1. The molecule has 3 rings (SSSR count). The number of hydrogen-bond acceptors (Lipinski definition) is 6. The first kappa shape index (κ1) is 19.3. The van der Waals surface area contributed by atoms with Crippen LogP contribution in [0.25, 0.3) is 0 Å². The van der Waals surface area contributed by atoms with Crippen molar-refractivity contribution in [3.63, 3.8) is 0 Å². The maximum Gasteiger partial charge on any atom is 0.230 e. The average molecular weight is 404 g/mol. The van der Waals surface area contributed by atoms with Crippen LogP contribution in [0, 0.1) is 12.7 Å². The normalized spacial score (nSPS) is 10.6. The molecule has 2 aromatic carbocycles. The molecule has 5 nitrogen and oxygen atoms in total. The molecule has 27 heavy (non-hydrogen) atoms. The second kappa shape index (κ2) is 8.96. The van der Waals surface area contributed by atoms with E-state index in [1.54, 1.807) is 17.8 Å². The number of rotatable bonds is 7. The molecule has 0 aliphatic rings. The van der Waals surface area contributed by atoms with Crippen molar-refractivity contribution < 1.29 is 13.9 Å². The van der Waals surface area contributed by atoms with Gasteiger partial charge in [0.15, 0.2) is 15.9 Å². The summed E-state index contributed by atoms with van der Waals surface area (Å²) in [7, 11) is 1.40. The van der Waals surface area contributed by atoms with Gasteiger partial charge in [0.2, 0.25) is 11.0 Å². The van der Waals surface area contributed by atoms with Crippen LogP contribution in [0.2, 0.25) is 0 Å². The Balaban J connectivity index is 1.53. The third-order valence-corrected chi connectivity index (χ3v) is 5.76. The third kappa shape index (κ3) is 5.51. The van der Waals surface area contributed by atoms with Gasteiger partial charge in [0.1, 0.15) is 0 Å². The van der Waals surface area contributed by atoms with Gasteiger partial charge in [0, 0.05) is 5.75 Å². The van der Waals surface area contributed by atoms with Crippen LogP contribution in [0.1, 0.15) is 16.7 Å². The first-order valence-electron chi connectivity index (χ1n) is 8.17. The summed E-state index contributed by atoms with van der Waals surface area (Å²) < 4.78 is 19.3. The highest BCUT2D eigenvalue weighted by Gasteiger charge is 2.11. The van der Waals surface area contributed by atoms with Gasteiger partial charge in [-0.05, 0) is 30.2 Å². The van der Waals surface area contributed by atoms with Gasteiger partial charge in [-0.15, -0.1) is 10.2 Å². The molecule has 0 saturated carbocycles. The van der Waals surface area contributed by atoms with Gasteiger partial charge in [-0.25, -0.2) is 4.39 Å². The van der Waals surface area contributed by atoms with E-state index in [-0.39, 0.29) is 18.1 Å². The minimum absolute atomic E-state index is 0.0480. The van der Waals surface area contributed by atoms with E-state index in [0.29, 0.717) is 10.7 Å². The van der Waals surface area contributed by atoms with Crippen molar-refractivity contribution in [1.82, 2.24) is 10.2 Å². The molecule has 0 aliphatic heterocycles. The summed E-state index contributed by atoms with van der Waals surface area (Å²) in [5.74, 6) is 0.173. The summed E-state index contributed by atoms with van der Waals surface area (Å²) in [6, 6.07) is 12.8. The van der Waals surface area contributed by atoms with E-state index in [1.807, 2.05) is 0 Å². The average Bonchev–Trinajstić information content (AvgIpc) is 3.08. The summed E-state index contributed by atoms with van der Waals surface area (Å²) in [4.78, 5) is 12.1. The molecule has 1 N–H and O–H groups in total. The SMILES string of the molecule is COc1ccc(CC(=O)Nc2nnc(SCc3ccc(C)cc3)s2)cc1F. The molecule has 8 heteroatoms. The van der Waals surface area contributed by atoms with Crippen molar-refractivity contribution in [3.8, 4) is 5.75 Å². The second-order valence-electron chi connectivity index (χ2n) is 5.84. The van der Waals surface area contributed by atoms with Gasteiger partial charge >= 0.3 is 0 Å². The Morgan fingerprint density at radius 2 is 1.93 bits per heavy atom. The van der Waals surface area contributed by atoms with Crippen molar-refractivity contribution >= 4 is 34.1 Å². The zero-order valence-corrected chi connectivity index (χ0v) is 16.5. The van der Waals surface area contributed by atoms with Crippen molar-refractivity contribution in [2.45, 2.75) is 23.4 Å². The Morgan fingerprint density at radius 3 is 2.63 bits per heavy atom. The molecule has 1 aromatic heterocycles. The predicted octanol–water partition coefficient (Wildman–Crippen LogP) is 4.47. The van der Waals surface area contributed by atoms with E-state index in [9.17, 15) is 9.18 Å². The number of anilines is 1. The van der Waals surface area contributed by atoms with Crippen LogP contribution in [-0.2, 0) is 17.0 Å². The van der Waals surface area contributed by atoms with Crippen LogP contribution in [0.4, 0.5) is 9.52 Å². The summed E-state index contributed by atoms with van der Waals surface area (Å²) in [6.07, 6.45) is 0.0480. The maximum absolute atomic E-state index is 13.7. The van der Waals surface area contributed by atoms with E-state index in [1.165, 1.54) is 41.7 Å². The van der Waals surface area contributed by atoms with Crippen molar-refractivity contribution in [2.24, 2.45) is 0 Å². The molecule has 0 radical (unpaired) electrons. The second-order valence-corrected chi connectivity index (χ2v) is 8.04. The van der Waals surface area contributed by atoms with Crippen LogP contribution in [0.15, 0.2) is 46.8 Å². The van der Waals surface area contributed by atoms with Gasteiger partial charge in [-0.3, -0.25) is 4.79 Å². The number of methoxy groups -OCH3 is 1. The van der Waals surface area contributed by atoms with Gasteiger partial charge in [-0.1, -0.05) is 59.0 Å². The number of nitrogens with zero attached hydrogens (tertiary/aromatic N) is 2. The standard InChI is InChI=1S/C19H18FN3O2S2/c1-12-3-5-13(6-4-12)11-26-19-23-22-18(27-19)21-17(24)10-14-7-8-16(25-2)15(20)9-14/h3-9H,10-11H2,1-2H3,(H,21,22,24). The number of aromatic nitrogens is 2. The summed E-state index contributed by atoms with van der Waals surface area (Å²) in [5.41, 5.74) is 2.98. The predicted molar refractivity (Wildman–Crippen MR) is 106 cm³/mol. The number of carbonyl (C=O) groups excluding carboxylic acids is 1. The van der Waals surface area contributed by atoms with Crippen molar-refractivity contribution in [1.29, 1.82) is 0 Å². The molecule has 0 spiro atoms. The summed E-state index contributed by atoms with van der Waals surface area (Å²) >= 11 is 2.89.